The van der Waals surface area contributed by atoms with Crippen LogP contribution in [0.4, 0.5) is 4.39 Å². The van der Waals surface area contributed by atoms with Gasteiger partial charge in [-0.25, -0.2) is 4.39 Å². The first-order chi connectivity index (χ1) is 12.1. The Kier molecular flexibility index (Phi) is 4.07. The third-order valence-corrected chi connectivity index (χ3v) is 5.69. The topological polar surface area (TPSA) is 47.3 Å². The zero-order chi connectivity index (χ0) is 17.4. The Morgan fingerprint density at radius 3 is 2.44 bits per heavy atom. The van der Waals surface area contributed by atoms with E-state index in [2.05, 4.69) is 17.0 Å². The average Bonchev–Trinajstić information content (AvgIpc) is 2.86. The predicted octanol–water partition coefficient (Wildman–Crippen LogP) is 3.71. The van der Waals surface area contributed by atoms with Crippen molar-refractivity contribution in [2.45, 2.75) is 49.9 Å². The van der Waals surface area contributed by atoms with Gasteiger partial charge in [-0.15, -0.1) is 0 Å². The van der Waals surface area contributed by atoms with Gasteiger partial charge >= 0.3 is 0 Å². The van der Waals surface area contributed by atoms with Gasteiger partial charge in [0.25, 0.3) is 0 Å². The quantitative estimate of drug-likeness (QED) is 0.929. The fourth-order valence-corrected chi connectivity index (χ4v) is 4.53. The number of hydrogen-bond donors (Lipinski definition) is 1. The number of nitrogens with zero attached hydrogens (tertiary/aromatic N) is 2. The first-order valence-electron chi connectivity index (χ1n) is 8.81. The molecule has 4 rings (SSSR count). The van der Waals surface area contributed by atoms with E-state index in [1.807, 2.05) is 24.3 Å². The standard InChI is InChI=1S/C21H21FN2O/c22-18-9-16(13-23)8-17(10-18)21(25)11-19-6-7-20(12-21)24(19)14-15-4-2-1-3-5-15/h1-5,8-10,19-20,25H,6-7,11-12,14H2. The molecule has 128 valence electrons. The number of hydrogen-bond acceptors (Lipinski definition) is 3. The number of halogens is 1. The van der Waals surface area contributed by atoms with Gasteiger partial charge in [-0.1, -0.05) is 30.3 Å². The molecule has 0 radical (unpaired) electrons. The lowest BCUT2D eigenvalue weighted by Crippen LogP contribution is -2.49. The number of benzene rings is 2. The minimum absolute atomic E-state index is 0.266. The Bertz CT molecular complexity index is 800. The van der Waals surface area contributed by atoms with Crippen LogP contribution in [-0.4, -0.2) is 22.1 Å². The van der Waals surface area contributed by atoms with Gasteiger partial charge in [0.1, 0.15) is 5.82 Å². The summed E-state index contributed by atoms with van der Waals surface area (Å²) in [6, 6.07) is 17.2. The molecule has 2 saturated heterocycles. The second-order valence-corrected chi connectivity index (χ2v) is 7.32. The summed E-state index contributed by atoms with van der Waals surface area (Å²) in [5.74, 6) is -0.457. The summed E-state index contributed by atoms with van der Waals surface area (Å²) < 4.78 is 13.8. The highest BCUT2D eigenvalue weighted by atomic mass is 19.1. The molecule has 0 amide bonds. The molecule has 2 unspecified atom stereocenters. The first kappa shape index (κ1) is 16.3. The summed E-state index contributed by atoms with van der Waals surface area (Å²) in [7, 11) is 0. The van der Waals surface area contributed by atoms with Crippen LogP contribution in [0.3, 0.4) is 0 Å². The van der Waals surface area contributed by atoms with Crippen molar-refractivity contribution in [2.24, 2.45) is 0 Å². The molecule has 25 heavy (non-hydrogen) atoms. The Morgan fingerprint density at radius 2 is 1.80 bits per heavy atom. The smallest absolute Gasteiger partial charge is 0.124 e. The molecule has 1 N–H and O–H groups in total. The molecule has 0 saturated carbocycles. The molecule has 2 heterocycles. The molecule has 0 aromatic heterocycles. The highest BCUT2D eigenvalue weighted by Gasteiger charge is 2.48. The van der Waals surface area contributed by atoms with E-state index in [1.54, 1.807) is 6.07 Å². The molecule has 2 aromatic rings. The molecule has 2 aromatic carbocycles. The molecule has 2 aliphatic rings. The van der Waals surface area contributed by atoms with Gasteiger partial charge in [0.05, 0.1) is 17.2 Å². The van der Waals surface area contributed by atoms with Gasteiger partial charge in [0.2, 0.25) is 0 Å². The van der Waals surface area contributed by atoms with E-state index in [4.69, 9.17) is 5.26 Å². The van der Waals surface area contributed by atoms with Gasteiger partial charge in [-0.3, -0.25) is 4.90 Å². The summed E-state index contributed by atoms with van der Waals surface area (Å²) >= 11 is 0. The van der Waals surface area contributed by atoms with E-state index in [0.29, 0.717) is 18.4 Å². The number of fused-ring (bicyclic) bond motifs is 2. The van der Waals surface area contributed by atoms with Crippen molar-refractivity contribution in [3.05, 3.63) is 71.0 Å². The third-order valence-electron chi connectivity index (χ3n) is 5.69. The normalized spacial score (nSPS) is 28.7. The van der Waals surface area contributed by atoms with E-state index < -0.39 is 11.4 Å². The van der Waals surface area contributed by atoms with E-state index in [0.717, 1.165) is 19.4 Å². The summed E-state index contributed by atoms with van der Waals surface area (Å²) in [5, 5.41) is 20.3. The third kappa shape index (κ3) is 3.06. The maximum Gasteiger partial charge on any atom is 0.124 e. The van der Waals surface area contributed by atoms with Crippen LogP contribution in [0.2, 0.25) is 0 Å². The molecule has 2 bridgehead atoms. The second-order valence-electron chi connectivity index (χ2n) is 7.32. The highest BCUT2D eigenvalue weighted by Crippen LogP contribution is 2.46. The van der Waals surface area contributed by atoms with Gasteiger partial charge in [0.15, 0.2) is 0 Å². The molecule has 2 fully saturated rings. The van der Waals surface area contributed by atoms with E-state index in [1.165, 1.54) is 17.7 Å². The van der Waals surface area contributed by atoms with Gasteiger partial charge in [0, 0.05) is 18.6 Å². The van der Waals surface area contributed by atoms with Crippen molar-refractivity contribution in [1.29, 1.82) is 5.26 Å². The molecule has 0 spiro atoms. The van der Waals surface area contributed by atoms with Crippen LogP contribution >= 0.6 is 0 Å². The average molecular weight is 336 g/mol. The maximum absolute atomic E-state index is 13.8. The first-order valence-corrected chi connectivity index (χ1v) is 8.81. The van der Waals surface area contributed by atoms with Gasteiger partial charge in [-0.2, -0.15) is 5.26 Å². The molecule has 2 atom stereocenters. The van der Waals surface area contributed by atoms with Crippen molar-refractivity contribution < 1.29 is 9.50 Å². The molecule has 0 aliphatic carbocycles. The molecular formula is C21H21FN2O. The zero-order valence-corrected chi connectivity index (χ0v) is 14.0. The molecule has 2 aliphatic heterocycles. The van der Waals surface area contributed by atoms with Gasteiger partial charge < -0.3 is 5.11 Å². The van der Waals surface area contributed by atoms with Crippen LogP contribution in [0.15, 0.2) is 48.5 Å². The van der Waals surface area contributed by atoms with E-state index in [-0.39, 0.29) is 17.6 Å². The maximum atomic E-state index is 13.8. The van der Waals surface area contributed by atoms with Crippen LogP contribution in [0.25, 0.3) is 0 Å². The van der Waals surface area contributed by atoms with E-state index >= 15 is 0 Å². The fraction of sp³-hybridized carbons (Fsp3) is 0.381. The van der Waals surface area contributed by atoms with Crippen molar-refractivity contribution in [1.82, 2.24) is 4.90 Å². The van der Waals surface area contributed by atoms with Crippen molar-refractivity contribution in [3.8, 4) is 6.07 Å². The predicted molar refractivity (Wildman–Crippen MR) is 93.0 cm³/mol. The number of nitriles is 1. The Hall–Kier alpha value is -2.22. The lowest BCUT2D eigenvalue weighted by atomic mass is 9.80. The van der Waals surface area contributed by atoms with Crippen molar-refractivity contribution >= 4 is 0 Å². The number of rotatable bonds is 3. The van der Waals surface area contributed by atoms with Crippen LogP contribution in [0.5, 0.6) is 0 Å². The largest absolute Gasteiger partial charge is 0.385 e. The zero-order valence-electron chi connectivity index (χ0n) is 14.0. The van der Waals surface area contributed by atoms with Crippen LogP contribution in [0.1, 0.15) is 42.4 Å². The SMILES string of the molecule is N#Cc1cc(F)cc(C2(O)CC3CCC(C2)N3Cc2ccccc2)c1. The summed E-state index contributed by atoms with van der Waals surface area (Å²) in [6.45, 7) is 0.888. The lowest BCUT2D eigenvalue weighted by molar-refractivity contribution is -0.0596. The van der Waals surface area contributed by atoms with Crippen LogP contribution < -0.4 is 0 Å². The van der Waals surface area contributed by atoms with Crippen LogP contribution in [-0.2, 0) is 12.1 Å². The fourth-order valence-electron chi connectivity index (χ4n) is 4.53. The number of piperidine rings is 1. The summed E-state index contributed by atoms with van der Waals surface area (Å²) in [6.07, 6.45) is 3.29. The van der Waals surface area contributed by atoms with Crippen molar-refractivity contribution in [3.63, 3.8) is 0 Å². The second kappa shape index (κ2) is 6.25. The van der Waals surface area contributed by atoms with E-state index in [9.17, 15) is 9.50 Å². The molecular weight excluding hydrogens is 315 g/mol. The lowest BCUT2D eigenvalue weighted by Gasteiger charge is -2.44. The van der Waals surface area contributed by atoms with Crippen molar-refractivity contribution in [2.75, 3.05) is 0 Å². The molecule has 4 heteroatoms. The molecule has 3 nitrogen and oxygen atoms in total. The monoisotopic (exact) mass is 336 g/mol. The number of aliphatic hydroxyl groups is 1. The minimum Gasteiger partial charge on any atom is -0.385 e. The Balaban J connectivity index is 1.58. The minimum atomic E-state index is -1.05. The Labute approximate surface area is 147 Å². The Morgan fingerprint density at radius 1 is 1.12 bits per heavy atom. The summed E-state index contributed by atoms with van der Waals surface area (Å²) in [4.78, 5) is 2.48. The summed E-state index contributed by atoms with van der Waals surface area (Å²) in [5.41, 5.74) is 1.04. The highest BCUT2D eigenvalue weighted by molar-refractivity contribution is 5.37. The van der Waals surface area contributed by atoms with Gasteiger partial charge in [-0.05, 0) is 55.0 Å². The van der Waals surface area contributed by atoms with Crippen LogP contribution in [0, 0.1) is 17.1 Å².